The van der Waals surface area contributed by atoms with Gasteiger partial charge in [-0.05, 0) is 24.6 Å². The van der Waals surface area contributed by atoms with Crippen LogP contribution in [-0.4, -0.2) is 40.5 Å². The van der Waals surface area contributed by atoms with Crippen molar-refractivity contribution >= 4 is 5.96 Å². The molecular weight excluding hydrogens is 320 g/mol. The number of nitrogens with one attached hydrogen (secondary N) is 2. The van der Waals surface area contributed by atoms with Gasteiger partial charge in [0.25, 0.3) is 0 Å². The molecule has 0 spiro atoms. The lowest BCUT2D eigenvalue weighted by Gasteiger charge is -2.12. The van der Waals surface area contributed by atoms with Gasteiger partial charge in [-0.2, -0.15) is 5.10 Å². The third kappa shape index (κ3) is 4.62. The molecule has 8 nitrogen and oxygen atoms in total. The van der Waals surface area contributed by atoms with Crippen molar-refractivity contribution in [2.45, 2.75) is 26.4 Å². The van der Waals surface area contributed by atoms with Crippen LogP contribution in [0.2, 0.25) is 0 Å². The van der Waals surface area contributed by atoms with Gasteiger partial charge in [0.05, 0.1) is 26.3 Å². The third-order valence-corrected chi connectivity index (χ3v) is 3.79. The van der Waals surface area contributed by atoms with Gasteiger partial charge in [-0.15, -0.1) is 0 Å². The number of guanidine groups is 1. The van der Waals surface area contributed by atoms with Crippen molar-refractivity contribution in [1.29, 1.82) is 0 Å². The standard InChI is InChI=1S/C17H24N6O2/c1-3-18-17(20-11-16-21-12-22-23(16)2)19-10-13-5-6-14-15(9-13)25-8-4-7-24-14/h5-6,9,12H,3-4,7-8,10-11H2,1-2H3,(H2,18,19,20). The zero-order chi connectivity index (χ0) is 17.5. The van der Waals surface area contributed by atoms with Crippen LogP contribution in [0.25, 0.3) is 0 Å². The van der Waals surface area contributed by atoms with Crippen LogP contribution in [-0.2, 0) is 20.1 Å². The Morgan fingerprint density at radius 1 is 1.24 bits per heavy atom. The fourth-order valence-corrected chi connectivity index (χ4v) is 2.46. The molecule has 0 unspecified atom stereocenters. The summed E-state index contributed by atoms with van der Waals surface area (Å²) in [5.41, 5.74) is 1.07. The number of fused-ring (bicyclic) bond motifs is 1. The van der Waals surface area contributed by atoms with Crippen LogP contribution in [0.4, 0.5) is 0 Å². The first kappa shape index (κ1) is 17.1. The summed E-state index contributed by atoms with van der Waals surface area (Å²) in [5, 5.41) is 10.6. The van der Waals surface area contributed by atoms with E-state index in [1.807, 2.05) is 32.2 Å². The van der Waals surface area contributed by atoms with E-state index in [2.05, 4.69) is 25.7 Å². The molecule has 1 aliphatic heterocycles. The molecule has 1 aromatic carbocycles. The van der Waals surface area contributed by atoms with E-state index in [0.29, 0.717) is 26.3 Å². The van der Waals surface area contributed by atoms with Gasteiger partial charge in [0, 0.05) is 20.0 Å². The number of nitrogens with zero attached hydrogens (tertiary/aromatic N) is 4. The SMILES string of the molecule is CCNC(=NCc1ccc2c(c1)OCCCO2)NCc1ncnn1C. The molecule has 0 atom stereocenters. The van der Waals surface area contributed by atoms with E-state index in [-0.39, 0.29) is 0 Å². The van der Waals surface area contributed by atoms with Crippen LogP contribution in [0.5, 0.6) is 11.5 Å². The molecule has 0 radical (unpaired) electrons. The summed E-state index contributed by atoms with van der Waals surface area (Å²) in [7, 11) is 1.87. The van der Waals surface area contributed by atoms with E-state index < -0.39 is 0 Å². The summed E-state index contributed by atoms with van der Waals surface area (Å²) in [6.07, 6.45) is 2.44. The average Bonchev–Trinajstić information content (AvgIpc) is 2.89. The van der Waals surface area contributed by atoms with Gasteiger partial charge in [-0.25, -0.2) is 9.98 Å². The number of rotatable bonds is 5. The van der Waals surface area contributed by atoms with E-state index in [1.54, 1.807) is 11.0 Å². The predicted molar refractivity (Wildman–Crippen MR) is 94.7 cm³/mol. The van der Waals surface area contributed by atoms with Gasteiger partial charge >= 0.3 is 0 Å². The fraction of sp³-hybridized carbons (Fsp3) is 0.471. The molecule has 0 bridgehead atoms. The molecule has 0 aliphatic carbocycles. The molecule has 0 saturated carbocycles. The molecule has 2 N–H and O–H groups in total. The van der Waals surface area contributed by atoms with Crippen LogP contribution in [0, 0.1) is 0 Å². The molecule has 0 fully saturated rings. The second-order valence-electron chi connectivity index (χ2n) is 5.68. The monoisotopic (exact) mass is 344 g/mol. The normalized spacial score (nSPS) is 14.1. The minimum absolute atomic E-state index is 0.546. The summed E-state index contributed by atoms with van der Waals surface area (Å²) < 4.78 is 13.1. The Morgan fingerprint density at radius 2 is 2.08 bits per heavy atom. The number of aromatic nitrogens is 3. The lowest BCUT2D eigenvalue weighted by molar-refractivity contribution is 0.297. The number of ether oxygens (including phenoxy) is 2. The lowest BCUT2D eigenvalue weighted by atomic mass is 10.2. The number of aryl methyl sites for hydroxylation is 1. The van der Waals surface area contributed by atoms with Crippen LogP contribution in [0.1, 0.15) is 24.7 Å². The van der Waals surface area contributed by atoms with Crippen LogP contribution < -0.4 is 20.1 Å². The molecule has 8 heteroatoms. The second kappa shape index (κ2) is 8.36. The maximum atomic E-state index is 5.73. The van der Waals surface area contributed by atoms with Gasteiger partial charge in [0.2, 0.25) is 0 Å². The summed E-state index contributed by atoms with van der Waals surface area (Å²) in [6.45, 7) is 5.30. The van der Waals surface area contributed by atoms with E-state index in [4.69, 9.17) is 9.47 Å². The maximum Gasteiger partial charge on any atom is 0.191 e. The highest BCUT2D eigenvalue weighted by molar-refractivity contribution is 5.79. The maximum absolute atomic E-state index is 5.73. The van der Waals surface area contributed by atoms with Crippen molar-refractivity contribution in [3.05, 3.63) is 35.9 Å². The molecule has 1 aliphatic rings. The van der Waals surface area contributed by atoms with Crippen molar-refractivity contribution in [3.63, 3.8) is 0 Å². The second-order valence-corrected chi connectivity index (χ2v) is 5.68. The molecule has 134 valence electrons. The molecule has 1 aromatic heterocycles. The van der Waals surface area contributed by atoms with Crippen molar-refractivity contribution in [1.82, 2.24) is 25.4 Å². The van der Waals surface area contributed by atoms with Crippen molar-refractivity contribution in [3.8, 4) is 11.5 Å². The van der Waals surface area contributed by atoms with E-state index in [1.165, 1.54) is 0 Å². The lowest BCUT2D eigenvalue weighted by Crippen LogP contribution is -2.37. The van der Waals surface area contributed by atoms with Crippen molar-refractivity contribution in [2.75, 3.05) is 19.8 Å². The van der Waals surface area contributed by atoms with Gasteiger partial charge in [-0.3, -0.25) is 4.68 Å². The largest absolute Gasteiger partial charge is 0.490 e. The Kier molecular flexibility index (Phi) is 5.71. The van der Waals surface area contributed by atoms with Crippen LogP contribution in [0.15, 0.2) is 29.5 Å². The molecule has 3 rings (SSSR count). The highest BCUT2D eigenvalue weighted by Gasteiger charge is 2.10. The van der Waals surface area contributed by atoms with E-state index >= 15 is 0 Å². The van der Waals surface area contributed by atoms with Gasteiger partial charge < -0.3 is 20.1 Å². The van der Waals surface area contributed by atoms with Gasteiger partial charge in [0.15, 0.2) is 17.5 Å². The zero-order valence-corrected chi connectivity index (χ0v) is 14.7. The molecule has 25 heavy (non-hydrogen) atoms. The summed E-state index contributed by atoms with van der Waals surface area (Å²) in [4.78, 5) is 8.83. The number of benzene rings is 1. The Labute approximate surface area is 147 Å². The smallest absolute Gasteiger partial charge is 0.191 e. The zero-order valence-electron chi connectivity index (χ0n) is 14.7. The average molecular weight is 344 g/mol. The molecular formula is C17H24N6O2. The molecule has 0 saturated heterocycles. The van der Waals surface area contributed by atoms with Gasteiger partial charge in [-0.1, -0.05) is 6.07 Å². The van der Waals surface area contributed by atoms with Crippen molar-refractivity contribution < 1.29 is 9.47 Å². The third-order valence-electron chi connectivity index (χ3n) is 3.79. The number of aliphatic imine (C=N–C) groups is 1. The van der Waals surface area contributed by atoms with E-state index in [9.17, 15) is 0 Å². The van der Waals surface area contributed by atoms with Crippen molar-refractivity contribution in [2.24, 2.45) is 12.0 Å². The van der Waals surface area contributed by atoms with Gasteiger partial charge in [0.1, 0.15) is 12.2 Å². The number of hydrogen-bond donors (Lipinski definition) is 2. The summed E-state index contributed by atoms with van der Waals surface area (Å²) in [6, 6.07) is 5.96. The fourth-order valence-electron chi connectivity index (χ4n) is 2.46. The Bertz CT molecular complexity index is 728. The predicted octanol–water partition coefficient (Wildman–Crippen LogP) is 1.23. The minimum atomic E-state index is 0.546. The summed E-state index contributed by atoms with van der Waals surface area (Å²) in [5.74, 6) is 3.18. The molecule has 0 amide bonds. The Balaban J connectivity index is 1.64. The molecule has 2 aromatic rings. The first-order valence-electron chi connectivity index (χ1n) is 8.50. The molecule has 2 heterocycles. The number of hydrogen-bond acceptors (Lipinski definition) is 5. The Hall–Kier alpha value is -2.77. The minimum Gasteiger partial charge on any atom is -0.490 e. The highest BCUT2D eigenvalue weighted by atomic mass is 16.5. The highest BCUT2D eigenvalue weighted by Crippen LogP contribution is 2.30. The first-order valence-corrected chi connectivity index (χ1v) is 8.50. The van der Waals surface area contributed by atoms with E-state index in [0.717, 1.165) is 41.8 Å². The first-order chi connectivity index (χ1) is 12.3. The topological polar surface area (TPSA) is 85.6 Å². The quantitative estimate of drug-likeness (QED) is 0.627. The Morgan fingerprint density at radius 3 is 2.84 bits per heavy atom. The van der Waals surface area contributed by atoms with Crippen LogP contribution in [0.3, 0.4) is 0 Å². The van der Waals surface area contributed by atoms with Crippen LogP contribution >= 0.6 is 0 Å². The summed E-state index contributed by atoms with van der Waals surface area (Å²) >= 11 is 0.